The van der Waals surface area contributed by atoms with Crippen LogP contribution in [0, 0.1) is 5.92 Å². The summed E-state index contributed by atoms with van der Waals surface area (Å²) in [6.07, 6.45) is 30.4. The van der Waals surface area contributed by atoms with E-state index in [0.29, 0.717) is 18.9 Å². The molecule has 186 valence electrons. The van der Waals surface area contributed by atoms with Gasteiger partial charge < -0.3 is 4.74 Å². The highest BCUT2D eigenvalue weighted by molar-refractivity contribution is 5.69. The average Bonchev–Trinajstić information content (AvgIpc) is 2.78. The van der Waals surface area contributed by atoms with Gasteiger partial charge in [0.25, 0.3) is 0 Å². The largest absolute Gasteiger partial charge is 0.465 e. The second-order valence-corrected chi connectivity index (χ2v) is 9.86. The molecule has 0 aliphatic rings. The molecule has 0 saturated heterocycles. The highest BCUT2D eigenvalue weighted by Crippen LogP contribution is 2.15. The molecule has 0 aromatic carbocycles. The number of unbranched alkanes of at least 4 members (excludes halogenated alkanes) is 18. The summed E-state index contributed by atoms with van der Waals surface area (Å²) in [7, 11) is 0. The number of carbonyl (C=O) groups excluding carboxylic acids is 1. The molecule has 0 fully saturated rings. The van der Waals surface area contributed by atoms with Gasteiger partial charge in [-0.05, 0) is 18.8 Å². The molecule has 0 aliphatic heterocycles. The van der Waals surface area contributed by atoms with Crippen molar-refractivity contribution in [2.75, 3.05) is 6.61 Å². The van der Waals surface area contributed by atoms with E-state index in [1.807, 2.05) is 0 Å². The molecule has 0 aromatic rings. The predicted molar refractivity (Wildman–Crippen MR) is 138 cm³/mol. The van der Waals surface area contributed by atoms with Gasteiger partial charge >= 0.3 is 5.97 Å². The van der Waals surface area contributed by atoms with Gasteiger partial charge in [-0.1, -0.05) is 149 Å². The van der Waals surface area contributed by atoms with Gasteiger partial charge in [0, 0.05) is 6.42 Å². The van der Waals surface area contributed by atoms with E-state index in [1.54, 1.807) is 0 Å². The third kappa shape index (κ3) is 24.0. The van der Waals surface area contributed by atoms with Crippen LogP contribution in [-0.4, -0.2) is 12.6 Å². The molecule has 0 aromatic heterocycles. The molecule has 0 amide bonds. The fourth-order valence-electron chi connectivity index (χ4n) is 4.44. The number of carbonyl (C=O) groups is 1. The monoisotopic (exact) mass is 438 g/mol. The lowest BCUT2D eigenvalue weighted by Gasteiger charge is -2.13. The highest BCUT2D eigenvalue weighted by Gasteiger charge is 2.09. The summed E-state index contributed by atoms with van der Waals surface area (Å²) in [5, 5.41) is 0. The van der Waals surface area contributed by atoms with Gasteiger partial charge in [0.2, 0.25) is 0 Å². The van der Waals surface area contributed by atoms with Crippen LogP contribution in [0.4, 0.5) is 0 Å². The van der Waals surface area contributed by atoms with Crippen LogP contribution in [0.5, 0.6) is 0 Å². The zero-order chi connectivity index (χ0) is 22.8. The maximum Gasteiger partial charge on any atom is 0.305 e. The fraction of sp³-hybridized carbons (Fsp3) is 0.966. The lowest BCUT2D eigenvalue weighted by Crippen LogP contribution is -2.13. The summed E-state index contributed by atoms with van der Waals surface area (Å²) in [4.78, 5) is 11.8. The van der Waals surface area contributed by atoms with Crippen molar-refractivity contribution in [3.63, 3.8) is 0 Å². The normalized spacial score (nSPS) is 12.2. The SMILES string of the molecule is CCCCCCCCCCCCCCCCCCCCCC(=O)OCC(CC)CCC. The fourth-order valence-corrected chi connectivity index (χ4v) is 4.44. The molecule has 1 atom stereocenters. The first-order valence-corrected chi connectivity index (χ1v) is 14.4. The van der Waals surface area contributed by atoms with Gasteiger partial charge in [0.15, 0.2) is 0 Å². The molecule has 1 unspecified atom stereocenters. The minimum atomic E-state index is 0.0153. The van der Waals surface area contributed by atoms with Crippen molar-refractivity contribution in [1.29, 1.82) is 0 Å². The summed E-state index contributed by atoms with van der Waals surface area (Å²) < 4.78 is 5.45. The van der Waals surface area contributed by atoms with Crippen molar-refractivity contribution < 1.29 is 9.53 Å². The molecular weight excluding hydrogens is 380 g/mol. The van der Waals surface area contributed by atoms with Crippen LogP contribution in [0.3, 0.4) is 0 Å². The van der Waals surface area contributed by atoms with Crippen molar-refractivity contribution in [2.24, 2.45) is 5.92 Å². The Bertz CT molecular complexity index is 353. The molecule has 31 heavy (non-hydrogen) atoms. The average molecular weight is 439 g/mol. The Labute approximate surface area is 196 Å². The van der Waals surface area contributed by atoms with Gasteiger partial charge in [0.1, 0.15) is 0 Å². The van der Waals surface area contributed by atoms with E-state index in [2.05, 4.69) is 20.8 Å². The van der Waals surface area contributed by atoms with Crippen LogP contribution in [0.2, 0.25) is 0 Å². The summed E-state index contributed by atoms with van der Waals surface area (Å²) in [5.41, 5.74) is 0. The molecule has 0 spiro atoms. The summed E-state index contributed by atoms with van der Waals surface area (Å²) in [6, 6.07) is 0. The number of hydrogen-bond donors (Lipinski definition) is 0. The van der Waals surface area contributed by atoms with Crippen molar-refractivity contribution in [3.8, 4) is 0 Å². The molecule has 0 heterocycles. The topological polar surface area (TPSA) is 26.3 Å². The molecule has 0 N–H and O–H groups in total. The van der Waals surface area contributed by atoms with Crippen LogP contribution in [-0.2, 0) is 9.53 Å². The molecule has 0 saturated carbocycles. The number of hydrogen-bond acceptors (Lipinski definition) is 2. The Balaban J connectivity index is 3.19. The van der Waals surface area contributed by atoms with Crippen LogP contribution >= 0.6 is 0 Å². The quantitative estimate of drug-likeness (QED) is 0.105. The first-order chi connectivity index (χ1) is 15.2. The van der Waals surface area contributed by atoms with Crippen molar-refractivity contribution >= 4 is 5.97 Å². The Hall–Kier alpha value is -0.530. The zero-order valence-corrected chi connectivity index (χ0v) is 21.9. The molecular formula is C29H58O2. The van der Waals surface area contributed by atoms with E-state index in [9.17, 15) is 4.79 Å². The summed E-state index contributed by atoms with van der Waals surface area (Å²) in [5.74, 6) is 0.570. The summed E-state index contributed by atoms with van der Waals surface area (Å²) in [6.45, 7) is 7.30. The Morgan fingerprint density at radius 2 is 0.935 bits per heavy atom. The van der Waals surface area contributed by atoms with Gasteiger partial charge in [-0.2, -0.15) is 0 Å². The zero-order valence-electron chi connectivity index (χ0n) is 21.9. The van der Waals surface area contributed by atoms with Crippen LogP contribution in [0.25, 0.3) is 0 Å². The molecule has 2 nitrogen and oxygen atoms in total. The number of esters is 1. The molecule has 0 rings (SSSR count). The van der Waals surface area contributed by atoms with Crippen LogP contribution in [0.1, 0.15) is 168 Å². The molecule has 0 aliphatic carbocycles. The van der Waals surface area contributed by atoms with Crippen LogP contribution < -0.4 is 0 Å². The summed E-state index contributed by atoms with van der Waals surface area (Å²) >= 11 is 0. The van der Waals surface area contributed by atoms with Gasteiger partial charge in [-0.3, -0.25) is 4.79 Å². The molecule has 0 radical (unpaired) electrons. The highest BCUT2D eigenvalue weighted by atomic mass is 16.5. The minimum absolute atomic E-state index is 0.0153. The van der Waals surface area contributed by atoms with E-state index in [-0.39, 0.29) is 5.97 Å². The van der Waals surface area contributed by atoms with E-state index in [0.717, 1.165) is 12.8 Å². The minimum Gasteiger partial charge on any atom is -0.465 e. The third-order valence-corrected chi connectivity index (χ3v) is 6.74. The second-order valence-electron chi connectivity index (χ2n) is 9.86. The van der Waals surface area contributed by atoms with Crippen molar-refractivity contribution in [3.05, 3.63) is 0 Å². The third-order valence-electron chi connectivity index (χ3n) is 6.74. The van der Waals surface area contributed by atoms with E-state index in [4.69, 9.17) is 4.74 Å². The Kier molecular flexibility index (Phi) is 25.3. The van der Waals surface area contributed by atoms with E-state index < -0.39 is 0 Å². The van der Waals surface area contributed by atoms with E-state index in [1.165, 1.54) is 128 Å². The smallest absolute Gasteiger partial charge is 0.305 e. The van der Waals surface area contributed by atoms with E-state index >= 15 is 0 Å². The molecule has 2 heteroatoms. The predicted octanol–water partition coefficient (Wildman–Crippen LogP) is 10.2. The van der Waals surface area contributed by atoms with Crippen molar-refractivity contribution in [2.45, 2.75) is 168 Å². The van der Waals surface area contributed by atoms with Gasteiger partial charge in [-0.15, -0.1) is 0 Å². The first-order valence-electron chi connectivity index (χ1n) is 14.4. The number of ether oxygens (including phenoxy) is 1. The lowest BCUT2D eigenvalue weighted by atomic mass is 10.0. The standard InChI is InChI=1S/C29H58O2/c1-4-7-8-9-10-11-12-13-14-15-16-17-18-19-20-21-22-23-24-26-29(30)31-27-28(6-3)25-5-2/h28H,4-27H2,1-3H3. The maximum absolute atomic E-state index is 11.8. The first kappa shape index (κ1) is 30.5. The van der Waals surface area contributed by atoms with Crippen LogP contribution in [0.15, 0.2) is 0 Å². The van der Waals surface area contributed by atoms with Gasteiger partial charge in [-0.25, -0.2) is 0 Å². The van der Waals surface area contributed by atoms with Gasteiger partial charge in [0.05, 0.1) is 6.61 Å². The maximum atomic E-state index is 11.8. The second kappa shape index (κ2) is 25.7. The Morgan fingerprint density at radius 3 is 1.29 bits per heavy atom. The lowest BCUT2D eigenvalue weighted by molar-refractivity contribution is -0.145. The number of rotatable bonds is 25. The van der Waals surface area contributed by atoms with Crippen molar-refractivity contribution in [1.82, 2.24) is 0 Å². The molecule has 0 bridgehead atoms. The Morgan fingerprint density at radius 1 is 0.548 bits per heavy atom.